The van der Waals surface area contributed by atoms with Gasteiger partial charge < -0.3 is 15.3 Å². The molecule has 2 N–H and O–H groups in total. The Morgan fingerprint density at radius 3 is 2.58 bits per heavy atom. The van der Waals surface area contributed by atoms with Crippen molar-refractivity contribution in [3.8, 4) is 5.75 Å². The minimum atomic E-state index is -0.0684. The van der Waals surface area contributed by atoms with Gasteiger partial charge >= 0.3 is 6.03 Å². The Labute approximate surface area is 115 Å². The van der Waals surface area contributed by atoms with Crippen molar-refractivity contribution in [3.63, 3.8) is 0 Å². The summed E-state index contributed by atoms with van der Waals surface area (Å²) in [5.74, 6) is 0.225. The number of hydrogen-bond donors (Lipinski definition) is 2. The third-order valence-corrected chi connectivity index (χ3v) is 3.40. The maximum Gasteiger partial charge on any atom is 0.318 e. The second-order valence-corrected chi connectivity index (χ2v) is 4.82. The first kappa shape index (κ1) is 15.3. The highest BCUT2D eigenvalue weighted by Gasteiger charge is 2.20. The van der Waals surface area contributed by atoms with Crippen molar-refractivity contribution in [1.82, 2.24) is 10.2 Å². The summed E-state index contributed by atoms with van der Waals surface area (Å²) in [6.45, 7) is 8.58. The molecule has 0 saturated heterocycles. The third-order valence-electron chi connectivity index (χ3n) is 3.40. The third kappa shape index (κ3) is 4.16. The lowest BCUT2D eigenvalue weighted by Crippen LogP contribution is -2.44. The van der Waals surface area contributed by atoms with Gasteiger partial charge in [0, 0.05) is 12.6 Å². The molecule has 0 saturated carbocycles. The smallest absolute Gasteiger partial charge is 0.318 e. The summed E-state index contributed by atoms with van der Waals surface area (Å²) in [6.07, 6.45) is 0.907. The number of hydrogen-bond acceptors (Lipinski definition) is 2. The van der Waals surface area contributed by atoms with Crippen molar-refractivity contribution >= 4 is 6.03 Å². The molecule has 0 heterocycles. The molecule has 0 radical (unpaired) electrons. The number of urea groups is 1. The van der Waals surface area contributed by atoms with Gasteiger partial charge in [0.05, 0.1) is 6.04 Å². The number of rotatable bonds is 5. The molecule has 1 rings (SSSR count). The van der Waals surface area contributed by atoms with Gasteiger partial charge in [0.1, 0.15) is 5.75 Å². The molecule has 4 nitrogen and oxygen atoms in total. The fraction of sp³-hybridized carbons (Fsp3) is 0.533. The Bertz CT molecular complexity index is 420. The summed E-state index contributed by atoms with van der Waals surface area (Å²) in [6, 6.07) is 7.08. The number of benzene rings is 1. The molecule has 1 aromatic rings. The molecule has 19 heavy (non-hydrogen) atoms. The monoisotopic (exact) mass is 264 g/mol. The van der Waals surface area contributed by atoms with E-state index in [-0.39, 0.29) is 23.9 Å². The fourth-order valence-electron chi connectivity index (χ4n) is 1.95. The first-order valence-corrected chi connectivity index (χ1v) is 6.85. The lowest BCUT2D eigenvalue weighted by Gasteiger charge is -2.30. The Balaban J connectivity index is 2.81. The van der Waals surface area contributed by atoms with Crippen LogP contribution in [0, 0.1) is 0 Å². The normalized spacial score (nSPS) is 13.7. The number of carbonyl (C=O) groups is 1. The fourth-order valence-corrected chi connectivity index (χ4v) is 1.95. The molecule has 106 valence electrons. The van der Waals surface area contributed by atoms with Crippen LogP contribution in [0.5, 0.6) is 5.75 Å². The predicted molar refractivity (Wildman–Crippen MR) is 77.2 cm³/mol. The van der Waals surface area contributed by atoms with Crippen LogP contribution in [-0.4, -0.2) is 28.6 Å². The van der Waals surface area contributed by atoms with Crippen LogP contribution in [0.1, 0.15) is 45.7 Å². The Hall–Kier alpha value is -1.71. The molecule has 4 heteroatoms. The molecule has 2 atom stereocenters. The van der Waals surface area contributed by atoms with Gasteiger partial charge in [0.15, 0.2) is 0 Å². The van der Waals surface area contributed by atoms with Crippen LogP contribution >= 0.6 is 0 Å². The summed E-state index contributed by atoms with van der Waals surface area (Å²) < 4.78 is 0. The van der Waals surface area contributed by atoms with Crippen molar-refractivity contribution in [2.24, 2.45) is 0 Å². The van der Waals surface area contributed by atoms with E-state index in [1.54, 1.807) is 23.1 Å². The summed E-state index contributed by atoms with van der Waals surface area (Å²) >= 11 is 0. The molecule has 2 amide bonds. The number of nitrogens with one attached hydrogen (secondary N) is 1. The zero-order valence-electron chi connectivity index (χ0n) is 12.2. The van der Waals surface area contributed by atoms with Gasteiger partial charge in [-0.25, -0.2) is 4.79 Å². The maximum absolute atomic E-state index is 12.2. The minimum absolute atomic E-state index is 0.0623. The first-order valence-electron chi connectivity index (χ1n) is 6.85. The van der Waals surface area contributed by atoms with E-state index in [1.807, 2.05) is 33.8 Å². The molecular formula is C15H24N2O2. The van der Waals surface area contributed by atoms with Gasteiger partial charge in [0.2, 0.25) is 0 Å². The van der Waals surface area contributed by atoms with E-state index in [2.05, 4.69) is 5.32 Å². The van der Waals surface area contributed by atoms with Gasteiger partial charge in [-0.15, -0.1) is 0 Å². The van der Waals surface area contributed by atoms with Gasteiger partial charge in [-0.1, -0.05) is 19.1 Å². The standard InChI is InChI=1S/C15H24N2O2/c1-5-11(3)16-15(19)17(6-2)12(4)13-8-7-9-14(18)10-13/h7-12,18H,5-6H2,1-4H3,(H,16,19). The highest BCUT2D eigenvalue weighted by atomic mass is 16.3. The van der Waals surface area contributed by atoms with Crippen LogP contribution < -0.4 is 5.32 Å². The van der Waals surface area contributed by atoms with Gasteiger partial charge in [-0.05, 0) is 44.9 Å². The molecule has 0 spiro atoms. The summed E-state index contributed by atoms with van der Waals surface area (Å²) in [5.41, 5.74) is 0.932. The number of nitrogens with zero attached hydrogens (tertiary/aromatic N) is 1. The van der Waals surface area contributed by atoms with Crippen LogP contribution in [0.15, 0.2) is 24.3 Å². The van der Waals surface area contributed by atoms with Crippen LogP contribution in [0.25, 0.3) is 0 Å². The number of phenolic OH excluding ortho intramolecular Hbond substituents is 1. The SMILES string of the molecule is CCC(C)NC(=O)N(CC)C(C)c1cccc(O)c1. The van der Waals surface area contributed by atoms with E-state index in [1.165, 1.54) is 0 Å². The zero-order chi connectivity index (χ0) is 14.4. The topological polar surface area (TPSA) is 52.6 Å². The van der Waals surface area contributed by atoms with Crippen molar-refractivity contribution < 1.29 is 9.90 Å². The Kier molecular flexibility index (Phi) is 5.67. The molecule has 0 fully saturated rings. The molecule has 0 bridgehead atoms. The van der Waals surface area contributed by atoms with Gasteiger partial charge in [-0.3, -0.25) is 0 Å². The quantitative estimate of drug-likeness (QED) is 0.857. The molecule has 0 aromatic heterocycles. The zero-order valence-corrected chi connectivity index (χ0v) is 12.2. The van der Waals surface area contributed by atoms with Gasteiger partial charge in [-0.2, -0.15) is 0 Å². The summed E-state index contributed by atoms with van der Waals surface area (Å²) in [5, 5.41) is 12.5. The lowest BCUT2D eigenvalue weighted by molar-refractivity contribution is 0.179. The number of aromatic hydroxyl groups is 1. The maximum atomic E-state index is 12.2. The van der Waals surface area contributed by atoms with Crippen LogP contribution in [-0.2, 0) is 0 Å². The largest absolute Gasteiger partial charge is 0.508 e. The van der Waals surface area contributed by atoms with Crippen LogP contribution in [0.4, 0.5) is 4.79 Å². The summed E-state index contributed by atoms with van der Waals surface area (Å²) in [7, 11) is 0. The van der Waals surface area contributed by atoms with E-state index in [9.17, 15) is 9.90 Å². The van der Waals surface area contributed by atoms with E-state index in [0.717, 1.165) is 12.0 Å². The minimum Gasteiger partial charge on any atom is -0.508 e. The first-order chi connectivity index (χ1) is 8.99. The van der Waals surface area contributed by atoms with Gasteiger partial charge in [0.25, 0.3) is 0 Å². The molecule has 1 aromatic carbocycles. The molecular weight excluding hydrogens is 240 g/mol. The molecule has 2 unspecified atom stereocenters. The number of phenols is 1. The van der Waals surface area contributed by atoms with E-state index < -0.39 is 0 Å². The van der Waals surface area contributed by atoms with Crippen molar-refractivity contribution in [1.29, 1.82) is 0 Å². The number of amides is 2. The second kappa shape index (κ2) is 7.02. The highest BCUT2D eigenvalue weighted by molar-refractivity contribution is 5.75. The highest BCUT2D eigenvalue weighted by Crippen LogP contribution is 2.23. The van der Waals surface area contributed by atoms with E-state index in [4.69, 9.17) is 0 Å². The van der Waals surface area contributed by atoms with Crippen molar-refractivity contribution in [2.45, 2.75) is 46.2 Å². The average Bonchev–Trinajstić information content (AvgIpc) is 2.39. The Morgan fingerprint density at radius 2 is 2.05 bits per heavy atom. The van der Waals surface area contributed by atoms with Crippen molar-refractivity contribution in [3.05, 3.63) is 29.8 Å². The molecule has 0 aliphatic carbocycles. The summed E-state index contributed by atoms with van der Waals surface area (Å²) in [4.78, 5) is 14.0. The van der Waals surface area contributed by atoms with Crippen LogP contribution in [0.3, 0.4) is 0 Å². The number of carbonyl (C=O) groups excluding carboxylic acids is 1. The molecule has 0 aliphatic heterocycles. The van der Waals surface area contributed by atoms with Crippen LogP contribution in [0.2, 0.25) is 0 Å². The van der Waals surface area contributed by atoms with Crippen molar-refractivity contribution in [2.75, 3.05) is 6.54 Å². The molecule has 0 aliphatic rings. The van der Waals surface area contributed by atoms with E-state index >= 15 is 0 Å². The predicted octanol–water partition coefficient (Wildman–Crippen LogP) is 3.28. The Morgan fingerprint density at radius 1 is 1.37 bits per heavy atom. The van der Waals surface area contributed by atoms with E-state index in [0.29, 0.717) is 6.54 Å². The second-order valence-electron chi connectivity index (χ2n) is 4.82. The average molecular weight is 264 g/mol. The lowest BCUT2D eigenvalue weighted by atomic mass is 10.1.